The summed E-state index contributed by atoms with van der Waals surface area (Å²) in [6.07, 6.45) is 0.746. The van der Waals surface area contributed by atoms with Crippen LogP contribution in [0.1, 0.15) is 18.9 Å². The SMILES string of the molecule is CCC(=O)Cc1cc(OC)ccc1O. The molecule has 0 aromatic heterocycles. The van der Waals surface area contributed by atoms with Crippen LogP contribution in [-0.2, 0) is 11.2 Å². The first kappa shape index (κ1) is 10.6. The number of phenols is 1. The van der Waals surface area contributed by atoms with Gasteiger partial charge < -0.3 is 9.84 Å². The van der Waals surface area contributed by atoms with Crippen molar-refractivity contribution in [2.75, 3.05) is 7.11 Å². The van der Waals surface area contributed by atoms with Gasteiger partial charge in [0.25, 0.3) is 0 Å². The summed E-state index contributed by atoms with van der Waals surface area (Å²) in [5.41, 5.74) is 0.621. The van der Waals surface area contributed by atoms with Gasteiger partial charge in [0.15, 0.2) is 0 Å². The first-order valence-electron chi connectivity index (χ1n) is 4.55. The summed E-state index contributed by atoms with van der Waals surface area (Å²) in [6.45, 7) is 1.81. The Hall–Kier alpha value is -1.51. The molecule has 0 saturated carbocycles. The van der Waals surface area contributed by atoms with Crippen LogP contribution in [0.2, 0.25) is 0 Å². The fraction of sp³-hybridized carbons (Fsp3) is 0.364. The van der Waals surface area contributed by atoms with Gasteiger partial charge in [0.1, 0.15) is 17.3 Å². The van der Waals surface area contributed by atoms with Crippen LogP contribution in [0.5, 0.6) is 11.5 Å². The Morgan fingerprint density at radius 1 is 1.50 bits per heavy atom. The lowest BCUT2D eigenvalue weighted by Crippen LogP contribution is -2.00. The molecule has 0 unspecified atom stereocenters. The van der Waals surface area contributed by atoms with Crippen LogP contribution >= 0.6 is 0 Å². The van der Waals surface area contributed by atoms with Gasteiger partial charge in [0.2, 0.25) is 0 Å². The van der Waals surface area contributed by atoms with Gasteiger partial charge in [-0.2, -0.15) is 0 Å². The molecular formula is C11H14O3. The van der Waals surface area contributed by atoms with Gasteiger partial charge >= 0.3 is 0 Å². The second-order valence-corrected chi connectivity index (χ2v) is 3.06. The van der Waals surface area contributed by atoms with E-state index in [1.54, 1.807) is 26.2 Å². The monoisotopic (exact) mass is 194 g/mol. The van der Waals surface area contributed by atoms with Gasteiger partial charge in [0.05, 0.1) is 7.11 Å². The Balaban J connectivity index is 2.89. The van der Waals surface area contributed by atoms with Gasteiger partial charge in [-0.05, 0) is 18.2 Å². The highest BCUT2D eigenvalue weighted by Crippen LogP contribution is 2.23. The second-order valence-electron chi connectivity index (χ2n) is 3.06. The highest BCUT2D eigenvalue weighted by Gasteiger charge is 2.07. The molecule has 1 aromatic rings. The molecule has 0 aliphatic heterocycles. The van der Waals surface area contributed by atoms with Crippen molar-refractivity contribution in [2.24, 2.45) is 0 Å². The number of carbonyl (C=O) groups is 1. The van der Waals surface area contributed by atoms with Crippen molar-refractivity contribution in [1.82, 2.24) is 0 Å². The normalized spacial score (nSPS) is 9.86. The largest absolute Gasteiger partial charge is 0.508 e. The molecule has 0 bridgehead atoms. The standard InChI is InChI=1S/C11H14O3/c1-3-9(12)6-8-7-10(14-2)4-5-11(8)13/h4-5,7,13H,3,6H2,1-2H3. The van der Waals surface area contributed by atoms with Gasteiger partial charge in [-0.15, -0.1) is 0 Å². The van der Waals surface area contributed by atoms with Gasteiger partial charge in [0, 0.05) is 18.4 Å². The van der Waals surface area contributed by atoms with Crippen LogP contribution < -0.4 is 4.74 Å². The summed E-state index contributed by atoms with van der Waals surface area (Å²) < 4.78 is 5.00. The second kappa shape index (κ2) is 4.65. The quantitative estimate of drug-likeness (QED) is 0.796. The minimum absolute atomic E-state index is 0.105. The van der Waals surface area contributed by atoms with E-state index in [-0.39, 0.29) is 18.0 Å². The van der Waals surface area contributed by atoms with E-state index in [1.165, 1.54) is 6.07 Å². The zero-order valence-electron chi connectivity index (χ0n) is 8.41. The number of carbonyl (C=O) groups excluding carboxylic acids is 1. The van der Waals surface area contributed by atoms with E-state index >= 15 is 0 Å². The minimum atomic E-state index is 0.105. The summed E-state index contributed by atoms with van der Waals surface area (Å²) in [5, 5.41) is 9.47. The molecule has 0 radical (unpaired) electrons. The summed E-state index contributed by atoms with van der Waals surface area (Å²) >= 11 is 0. The van der Waals surface area contributed by atoms with Crippen molar-refractivity contribution < 1.29 is 14.6 Å². The van der Waals surface area contributed by atoms with Gasteiger partial charge in [-0.25, -0.2) is 0 Å². The zero-order valence-corrected chi connectivity index (χ0v) is 8.41. The van der Waals surface area contributed by atoms with Crippen molar-refractivity contribution >= 4 is 5.78 Å². The van der Waals surface area contributed by atoms with Crippen molar-refractivity contribution in [1.29, 1.82) is 0 Å². The molecule has 1 rings (SSSR count). The first-order valence-corrected chi connectivity index (χ1v) is 4.55. The molecule has 1 N–H and O–H groups in total. The highest BCUT2D eigenvalue weighted by atomic mass is 16.5. The van der Waals surface area contributed by atoms with E-state index in [2.05, 4.69) is 0 Å². The lowest BCUT2D eigenvalue weighted by atomic mass is 10.1. The fourth-order valence-electron chi connectivity index (χ4n) is 1.17. The summed E-state index contributed by atoms with van der Waals surface area (Å²) in [4.78, 5) is 11.2. The number of rotatable bonds is 4. The maximum atomic E-state index is 11.2. The number of benzene rings is 1. The molecule has 0 spiro atoms. The number of ether oxygens (including phenoxy) is 1. The van der Waals surface area contributed by atoms with E-state index in [0.717, 1.165) is 0 Å². The predicted molar refractivity (Wildman–Crippen MR) is 53.7 cm³/mol. The molecule has 14 heavy (non-hydrogen) atoms. The topological polar surface area (TPSA) is 46.5 Å². The number of Topliss-reactive ketones (excluding diaryl/α,β-unsaturated/α-hetero) is 1. The van der Waals surface area contributed by atoms with Crippen molar-refractivity contribution in [2.45, 2.75) is 19.8 Å². The summed E-state index contributed by atoms with van der Waals surface area (Å²) in [6, 6.07) is 4.88. The van der Waals surface area contributed by atoms with E-state index in [0.29, 0.717) is 17.7 Å². The molecule has 76 valence electrons. The minimum Gasteiger partial charge on any atom is -0.508 e. The van der Waals surface area contributed by atoms with Crippen LogP contribution in [0, 0.1) is 0 Å². The number of methoxy groups -OCH3 is 1. The summed E-state index contributed by atoms with van der Waals surface area (Å²) in [7, 11) is 1.55. The molecule has 0 atom stereocenters. The van der Waals surface area contributed by atoms with E-state index in [9.17, 15) is 9.90 Å². The average Bonchev–Trinajstić information content (AvgIpc) is 2.21. The lowest BCUT2D eigenvalue weighted by molar-refractivity contribution is -0.118. The van der Waals surface area contributed by atoms with Crippen LogP contribution in [0.25, 0.3) is 0 Å². The number of hydrogen-bond acceptors (Lipinski definition) is 3. The Kier molecular flexibility index (Phi) is 3.51. The predicted octanol–water partition coefficient (Wildman–Crippen LogP) is 1.92. The molecule has 3 nitrogen and oxygen atoms in total. The molecule has 0 aliphatic rings. The molecule has 0 heterocycles. The van der Waals surface area contributed by atoms with Gasteiger partial charge in [-0.3, -0.25) is 4.79 Å². The van der Waals surface area contributed by atoms with Crippen molar-refractivity contribution in [3.63, 3.8) is 0 Å². The Bertz CT molecular complexity index is 331. The Morgan fingerprint density at radius 3 is 2.79 bits per heavy atom. The molecular weight excluding hydrogens is 180 g/mol. The molecule has 0 aliphatic carbocycles. The van der Waals surface area contributed by atoms with Crippen LogP contribution in [0.4, 0.5) is 0 Å². The van der Waals surface area contributed by atoms with Crippen LogP contribution in [0.3, 0.4) is 0 Å². The third kappa shape index (κ3) is 2.49. The summed E-state index contributed by atoms with van der Waals surface area (Å²) in [5.74, 6) is 0.905. The molecule has 0 fully saturated rings. The number of aromatic hydroxyl groups is 1. The maximum Gasteiger partial charge on any atom is 0.137 e. The van der Waals surface area contributed by atoms with E-state index in [4.69, 9.17) is 4.74 Å². The van der Waals surface area contributed by atoms with Crippen LogP contribution in [0.15, 0.2) is 18.2 Å². The van der Waals surface area contributed by atoms with Crippen molar-refractivity contribution in [3.05, 3.63) is 23.8 Å². The third-order valence-electron chi connectivity index (χ3n) is 2.07. The molecule has 3 heteroatoms. The zero-order chi connectivity index (χ0) is 10.6. The average molecular weight is 194 g/mol. The number of ketones is 1. The smallest absolute Gasteiger partial charge is 0.137 e. The Labute approximate surface area is 83.3 Å². The van der Waals surface area contributed by atoms with Crippen LogP contribution in [-0.4, -0.2) is 18.0 Å². The van der Waals surface area contributed by atoms with E-state index in [1.807, 2.05) is 0 Å². The molecule has 0 amide bonds. The lowest BCUT2D eigenvalue weighted by Gasteiger charge is -2.05. The maximum absolute atomic E-state index is 11.2. The molecule has 1 aromatic carbocycles. The number of phenolic OH excluding ortho intramolecular Hbond substituents is 1. The molecule has 0 saturated heterocycles. The first-order chi connectivity index (χ1) is 6.67. The fourth-order valence-corrected chi connectivity index (χ4v) is 1.17. The van der Waals surface area contributed by atoms with Crippen molar-refractivity contribution in [3.8, 4) is 11.5 Å². The van der Waals surface area contributed by atoms with E-state index < -0.39 is 0 Å². The van der Waals surface area contributed by atoms with Gasteiger partial charge in [-0.1, -0.05) is 6.92 Å². The number of hydrogen-bond donors (Lipinski definition) is 1. The third-order valence-corrected chi connectivity index (χ3v) is 2.07. The Morgan fingerprint density at radius 2 is 2.21 bits per heavy atom. The highest BCUT2D eigenvalue weighted by molar-refractivity contribution is 5.81.